The number of rotatable bonds is 5. The highest BCUT2D eigenvalue weighted by molar-refractivity contribution is 6.09. The molecule has 1 heterocycles. The van der Waals surface area contributed by atoms with E-state index >= 15 is 0 Å². The summed E-state index contributed by atoms with van der Waals surface area (Å²) in [5, 5.41) is 5.82. The SMILES string of the molecule is O=C(CN1C(=O)NC2(CCCCC2)C1=O)NCC1(c2ccccc2)CCC1. The van der Waals surface area contributed by atoms with Crippen LogP contribution in [0.2, 0.25) is 0 Å². The number of urea groups is 1. The molecule has 0 atom stereocenters. The van der Waals surface area contributed by atoms with E-state index in [9.17, 15) is 14.4 Å². The smallest absolute Gasteiger partial charge is 0.325 e. The molecule has 1 aliphatic heterocycles. The predicted octanol–water partition coefficient (Wildman–Crippen LogP) is 2.48. The molecular weight excluding hydrogens is 342 g/mol. The Bertz CT molecular complexity index is 736. The fourth-order valence-electron chi connectivity index (χ4n) is 4.74. The van der Waals surface area contributed by atoms with E-state index in [-0.39, 0.29) is 23.8 Å². The number of carbonyl (C=O) groups excluding carboxylic acids is 3. The Labute approximate surface area is 159 Å². The van der Waals surface area contributed by atoms with Crippen LogP contribution in [-0.4, -0.2) is 41.4 Å². The summed E-state index contributed by atoms with van der Waals surface area (Å²) in [6, 6.07) is 9.82. The number of hydrogen-bond donors (Lipinski definition) is 2. The maximum atomic E-state index is 12.8. The lowest BCUT2D eigenvalue weighted by Gasteiger charge is -2.42. The van der Waals surface area contributed by atoms with Gasteiger partial charge in [-0.2, -0.15) is 0 Å². The minimum Gasteiger partial charge on any atom is -0.354 e. The van der Waals surface area contributed by atoms with E-state index in [0.29, 0.717) is 19.4 Å². The third-order valence-corrected chi connectivity index (χ3v) is 6.58. The fraction of sp³-hybridized carbons (Fsp3) is 0.571. The van der Waals surface area contributed by atoms with Crippen molar-refractivity contribution in [3.63, 3.8) is 0 Å². The molecule has 6 nitrogen and oxygen atoms in total. The van der Waals surface area contributed by atoms with Crippen molar-refractivity contribution in [3.05, 3.63) is 35.9 Å². The van der Waals surface area contributed by atoms with Crippen molar-refractivity contribution >= 4 is 17.8 Å². The van der Waals surface area contributed by atoms with E-state index in [4.69, 9.17) is 0 Å². The first-order valence-corrected chi connectivity index (χ1v) is 10.0. The molecule has 6 heteroatoms. The monoisotopic (exact) mass is 369 g/mol. The summed E-state index contributed by atoms with van der Waals surface area (Å²) >= 11 is 0. The van der Waals surface area contributed by atoms with E-state index in [1.165, 1.54) is 5.56 Å². The van der Waals surface area contributed by atoms with Crippen molar-refractivity contribution in [1.82, 2.24) is 15.5 Å². The predicted molar refractivity (Wildman–Crippen MR) is 101 cm³/mol. The van der Waals surface area contributed by atoms with Crippen LogP contribution in [0.25, 0.3) is 0 Å². The number of benzene rings is 1. The first-order chi connectivity index (χ1) is 13.0. The molecule has 1 spiro atoms. The van der Waals surface area contributed by atoms with Crippen molar-refractivity contribution in [1.29, 1.82) is 0 Å². The summed E-state index contributed by atoms with van der Waals surface area (Å²) in [5.74, 6) is -0.502. The lowest BCUT2D eigenvalue weighted by Crippen LogP contribution is -2.50. The molecule has 3 fully saturated rings. The highest BCUT2D eigenvalue weighted by Crippen LogP contribution is 2.43. The summed E-state index contributed by atoms with van der Waals surface area (Å²) < 4.78 is 0. The van der Waals surface area contributed by atoms with Gasteiger partial charge in [0, 0.05) is 12.0 Å². The molecule has 2 N–H and O–H groups in total. The third kappa shape index (κ3) is 3.22. The van der Waals surface area contributed by atoms with Crippen LogP contribution in [0.1, 0.15) is 56.9 Å². The van der Waals surface area contributed by atoms with Gasteiger partial charge >= 0.3 is 6.03 Å². The van der Waals surface area contributed by atoms with Crippen LogP contribution in [0.5, 0.6) is 0 Å². The van der Waals surface area contributed by atoms with Gasteiger partial charge < -0.3 is 10.6 Å². The maximum absolute atomic E-state index is 12.8. The first-order valence-electron chi connectivity index (χ1n) is 10.0. The summed E-state index contributed by atoms with van der Waals surface area (Å²) in [5.41, 5.74) is 0.459. The van der Waals surface area contributed by atoms with Gasteiger partial charge in [-0.05, 0) is 31.2 Å². The van der Waals surface area contributed by atoms with Gasteiger partial charge in [-0.25, -0.2) is 4.79 Å². The van der Waals surface area contributed by atoms with Gasteiger partial charge in [-0.1, -0.05) is 56.0 Å². The molecule has 0 aromatic heterocycles. The number of nitrogens with zero attached hydrogens (tertiary/aromatic N) is 1. The Hall–Kier alpha value is -2.37. The van der Waals surface area contributed by atoms with Gasteiger partial charge in [0.15, 0.2) is 0 Å². The Balaban J connectivity index is 1.37. The highest BCUT2D eigenvalue weighted by Gasteiger charge is 2.51. The number of carbonyl (C=O) groups is 3. The molecule has 4 amide bonds. The minimum atomic E-state index is -0.769. The molecule has 0 bridgehead atoms. The zero-order chi connectivity index (χ0) is 18.9. The van der Waals surface area contributed by atoms with Gasteiger partial charge in [0.1, 0.15) is 12.1 Å². The minimum absolute atomic E-state index is 0.0151. The second kappa shape index (κ2) is 6.98. The van der Waals surface area contributed by atoms with E-state index in [2.05, 4.69) is 22.8 Å². The quantitative estimate of drug-likeness (QED) is 0.783. The molecule has 0 unspecified atom stereocenters. The summed E-state index contributed by atoms with van der Waals surface area (Å²) in [4.78, 5) is 38.7. The third-order valence-electron chi connectivity index (χ3n) is 6.58. The van der Waals surface area contributed by atoms with Crippen molar-refractivity contribution in [2.45, 2.75) is 62.3 Å². The average Bonchev–Trinajstić information content (AvgIpc) is 2.86. The Morgan fingerprint density at radius 1 is 1.00 bits per heavy atom. The topological polar surface area (TPSA) is 78.5 Å². The molecular formula is C21H27N3O3. The standard InChI is InChI=1S/C21H27N3O3/c25-17(22-15-20(10-7-11-20)16-8-3-1-4-9-16)14-24-18(26)21(23-19(24)27)12-5-2-6-13-21/h1,3-4,8-9H,2,5-7,10-15H2,(H,22,25)(H,23,27). The molecule has 144 valence electrons. The fourth-order valence-corrected chi connectivity index (χ4v) is 4.74. The second-order valence-corrected chi connectivity index (χ2v) is 8.24. The molecule has 4 rings (SSSR count). The summed E-state index contributed by atoms with van der Waals surface area (Å²) in [7, 11) is 0. The van der Waals surface area contributed by atoms with Crippen molar-refractivity contribution in [2.24, 2.45) is 0 Å². The van der Waals surface area contributed by atoms with Crippen LogP contribution in [0.15, 0.2) is 30.3 Å². The van der Waals surface area contributed by atoms with Gasteiger partial charge in [-0.3, -0.25) is 14.5 Å². The summed E-state index contributed by atoms with van der Waals surface area (Å²) in [6.45, 7) is 0.349. The Morgan fingerprint density at radius 3 is 2.33 bits per heavy atom. The molecule has 2 saturated carbocycles. The molecule has 2 aliphatic carbocycles. The summed E-state index contributed by atoms with van der Waals surface area (Å²) in [6.07, 6.45) is 7.55. The van der Waals surface area contributed by atoms with Crippen molar-refractivity contribution in [3.8, 4) is 0 Å². The van der Waals surface area contributed by atoms with Crippen LogP contribution in [0, 0.1) is 0 Å². The number of hydrogen-bond acceptors (Lipinski definition) is 3. The maximum Gasteiger partial charge on any atom is 0.325 e. The Morgan fingerprint density at radius 2 is 1.70 bits per heavy atom. The van der Waals surface area contributed by atoms with Crippen LogP contribution in [0.3, 0.4) is 0 Å². The zero-order valence-corrected chi connectivity index (χ0v) is 15.6. The van der Waals surface area contributed by atoms with E-state index in [0.717, 1.165) is 43.4 Å². The second-order valence-electron chi connectivity index (χ2n) is 8.24. The molecule has 27 heavy (non-hydrogen) atoms. The van der Waals surface area contributed by atoms with E-state index in [1.54, 1.807) is 0 Å². The van der Waals surface area contributed by atoms with E-state index < -0.39 is 11.6 Å². The van der Waals surface area contributed by atoms with Crippen LogP contribution in [-0.2, 0) is 15.0 Å². The molecule has 0 radical (unpaired) electrons. The number of nitrogens with one attached hydrogen (secondary N) is 2. The number of amides is 4. The zero-order valence-electron chi connectivity index (χ0n) is 15.6. The molecule has 1 aromatic rings. The van der Waals surface area contributed by atoms with Crippen LogP contribution < -0.4 is 10.6 Å². The van der Waals surface area contributed by atoms with E-state index in [1.807, 2.05) is 18.2 Å². The molecule has 1 aromatic carbocycles. The van der Waals surface area contributed by atoms with Crippen molar-refractivity contribution in [2.75, 3.05) is 13.1 Å². The van der Waals surface area contributed by atoms with Gasteiger partial charge in [0.25, 0.3) is 5.91 Å². The highest BCUT2D eigenvalue weighted by atomic mass is 16.2. The van der Waals surface area contributed by atoms with Crippen LogP contribution >= 0.6 is 0 Å². The molecule has 1 saturated heterocycles. The average molecular weight is 369 g/mol. The van der Waals surface area contributed by atoms with Gasteiger partial charge in [0.05, 0.1) is 0 Å². The normalized spacial score (nSPS) is 23.0. The van der Waals surface area contributed by atoms with Gasteiger partial charge in [0.2, 0.25) is 5.91 Å². The van der Waals surface area contributed by atoms with Crippen molar-refractivity contribution < 1.29 is 14.4 Å². The lowest BCUT2D eigenvalue weighted by atomic mass is 9.64. The largest absolute Gasteiger partial charge is 0.354 e. The molecule has 3 aliphatic rings. The lowest BCUT2D eigenvalue weighted by molar-refractivity contribution is -0.135. The van der Waals surface area contributed by atoms with Gasteiger partial charge in [-0.15, -0.1) is 0 Å². The van der Waals surface area contributed by atoms with Crippen LogP contribution in [0.4, 0.5) is 4.79 Å². The first kappa shape index (κ1) is 18.0. The Kier molecular flexibility index (Phi) is 4.66. The number of imide groups is 1.